The van der Waals surface area contributed by atoms with Crippen LogP contribution in [-0.4, -0.2) is 34.8 Å². The van der Waals surface area contributed by atoms with E-state index >= 15 is 0 Å². The van der Waals surface area contributed by atoms with Crippen LogP contribution < -0.4 is 0 Å². The molecule has 1 saturated heterocycles. The Labute approximate surface area is 103 Å². The third kappa shape index (κ3) is 3.63. The van der Waals surface area contributed by atoms with Crippen molar-refractivity contribution in [3.8, 4) is 0 Å². The lowest BCUT2D eigenvalue weighted by molar-refractivity contribution is -0.118. The summed E-state index contributed by atoms with van der Waals surface area (Å²) in [6.45, 7) is 3.87. The molecule has 92 valence electrons. The number of hydrogen-bond acceptors (Lipinski definition) is 3. The molecule has 1 fully saturated rings. The molecular formula is C14H20N2O. The van der Waals surface area contributed by atoms with Gasteiger partial charge in [-0.2, -0.15) is 0 Å². The van der Waals surface area contributed by atoms with E-state index in [4.69, 9.17) is 0 Å². The zero-order valence-corrected chi connectivity index (χ0v) is 10.4. The van der Waals surface area contributed by atoms with Crippen molar-refractivity contribution in [2.24, 2.45) is 0 Å². The Bertz CT molecular complexity index is 364. The maximum atomic E-state index is 11.2. The van der Waals surface area contributed by atoms with E-state index in [2.05, 4.69) is 16.0 Å². The maximum Gasteiger partial charge on any atom is 0.131 e. The molecule has 17 heavy (non-hydrogen) atoms. The molecular weight excluding hydrogens is 212 g/mol. The zero-order valence-electron chi connectivity index (χ0n) is 10.4. The molecule has 3 nitrogen and oxygen atoms in total. The minimum Gasteiger partial charge on any atom is -0.300 e. The first kappa shape index (κ1) is 12.2. The van der Waals surface area contributed by atoms with Crippen molar-refractivity contribution < 1.29 is 4.79 Å². The molecule has 0 bridgehead atoms. The Balaban J connectivity index is 1.84. The largest absolute Gasteiger partial charge is 0.300 e. The number of rotatable bonds is 5. The number of hydrogen-bond donors (Lipinski definition) is 0. The Morgan fingerprint density at radius 1 is 1.59 bits per heavy atom. The van der Waals surface area contributed by atoms with Crippen LogP contribution in [0, 0.1) is 0 Å². The lowest BCUT2D eigenvalue weighted by Crippen LogP contribution is -2.32. The van der Waals surface area contributed by atoms with E-state index in [1.165, 1.54) is 18.4 Å². The fraction of sp³-hybridized carbons (Fsp3) is 0.571. The van der Waals surface area contributed by atoms with Gasteiger partial charge in [0.05, 0.1) is 0 Å². The number of Topliss-reactive ketones (excluding diaryl/α,β-unsaturated/α-hetero) is 1. The van der Waals surface area contributed by atoms with E-state index in [0.717, 1.165) is 19.5 Å². The van der Waals surface area contributed by atoms with Crippen molar-refractivity contribution in [3.05, 3.63) is 30.1 Å². The second-order valence-corrected chi connectivity index (χ2v) is 4.85. The van der Waals surface area contributed by atoms with Gasteiger partial charge in [0.25, 0.3) is 0 Å². The molecule has 2 heterocycles. The number of carbonyl (C=O) groups is 1. The van der Waals surface area contributed by atoms with Gasteiger partial charge in [0.1, 0.15) is 5.78 Å². The van der Waals surface area contributed by atoms with E-state index in [1.807, 2.05) is 12.3 Å². The second-order valence-electron chi connectivity index (χ2n) is 4.85. The van der Waals surface area contributed by atoms with Crippen LogP contribution in [0.4, 0.5) is 0 Å². The number of ketones is 1. The number of nitrogens with zero attached hydrogens (tertiary/aromatic N) is 2. The van der Waals surface area contributed by atoms with E-state index in [0.29, 0.717) is 18.2 Å². The van der Waals surface area contributed by atoms with Crippen LogP contribution in [0.2, 0.25) is 0 Å². The Morgan fingerprint density at radius 2 is 2.47 bits per heavy atom. The quantitative estimate of drug-likeness (QED) is 0.779. The third-order valence-corrected chi connectivity index (χ3v) is 3.43. The van der Waals surface area contributed by atoms with Gasteiger partial charge >= 0.3 is 0 Å². The molecule has 1 unspecified atom stereocenters. The monoisotopic (exact) mass is 232 g/mol. The highest BCUT2D eigenvalue weighted by molar-refractivity contribution is 5.76. The lowest BCUT2D eigenvalue weighted by Gasteiger charge is -2.23. The standard InChI is InChI=1S/C14H20N2O/c1-12(17)10-14-5-3-8-16(14)9-6-13-4-2-7-15-11-13/h2,4,7,11,14H,3,5-6,8-10H2,1H3. The van der Waals surface area contributed by atoms with Gasteiger partial charge in [0.2, 0.25) is 0 Å². The van der Waals surface area contributed by atoms with E-state index in [9.17, 15) is 4.79 Å². The van der Waals surface area contributed by atoms with Gasteiger partial charge in [-0.3, -0.25) is 14.7 Å². The summed E-state index contributed by atoms with van der Waals surface area (Å²) in [5.74, 6) is 0.309. The van der Waals surface area contributed by atoms with Crippen molar-refractivity contribution in [1.29, 1.82) is 0 Å². The van der Waals surface area contributed by atoms with Crippen molar-refractivity contribution in [2.75, 3.05) is 13.1 Å². The topological polar surface area (TPSA) is 33.2 Å². The summed E-state index contributed by atoms with van der Waals surface area (Å²) in [5.41, 5.74) is 1.28. The molecule has 0 aliphatic carbocycles. The number of carbonyl (C=O) groups excluding carboxylic acids is 1. The highest BCUT2D eigenvalue weighted by Gasteiger charge is 2.24. The summed E-state index contributed by atoms with van der Waals surface area (Å²) < 4.78 is 0. The average molecular weight is 232 g/mol. The van der Waals surface area contributed by atoms with Crippen LogP contribution in [0.3, 0.4) is 0 Å². The minimum absolute atomic E-state index is 0.309. The van der Waals surface area contributed by atoms with Gasteiger partial charge in [-0.1, -0.05) is 6.07 Å². The molecule has 1 atom stereocenters. The van der Waals surface area contributed by atoms with E-state index in [-0.39, 0.29) is 0 Å². The van der Waals surface area contributed by atoms with Crippen LogP contribution in [-0.2, 0) is 11.2 Å². The van der Waals surface area contributed by atoms with Crippen molar-refractivity contribution in [1.82, 2.24) is 9.88 Å². The average Bonchev–Trinajstić information content (AvgIpc) is 2.74. The summed E-state index contributed by atoms with van der Waals surface area (Å²) in [5, 5.41) is 0. The van der Waals surface area contributed by atoms with Gasteiger partial charge in [-0.25, -0.2) is 0 Å². The Morgan fingerprint density at radius 3 is 3.18 bits per heavy atom. The molecule has 3 heteroatoms. The molecule has 1 aromatic heterocycles. The first-order valence-corrected chi connectivity index (χ1v) is 6.38. The Hall–Kier alpha value is -1.22. The fourth-order valence-electron chi connectivity index (χ4n) is 2.57. The van der Waals surface area contributed by atoms with Crippen molar-refractivity contribution >= 4 is 5.78 Å². The first-order chi connectivity index (χ1) is 8.25. The van der Waals surface area contributed by atoms with E-state index < -0.39 is 0 Å². The molecule has 0 radical (unpaired) electrons. The smallest absolute Gasteiger partial charge is 0.131 e. The zero-order chi connectivity index (χ0) is 12.1. The molecule has 0 aromatic carbocycles. The second kappa shape index (κ2) is 5.92. The molecule has 0 saturated carbocycles. The van der Waals surface area contributed by atoms with Crippen molar-refractivity contribution in [3.63, 3.8) is 0 Å². The van der Waals surface area contributed by atoms with Gasteiger partial charge in [0.15, 0.2) is 0 Å². The minimum atomic E-state index is 0.309. The van der Waals surface area contributed by atoms with Crippen LogP contribution >= 0.6 is 0 Å². The molecule has 0 spiro atoms. The maximum absolute atomic E-state index is 11.2. The highest BCUT2D eigenvalue weighted by atomic mass is 16.1. The predicted octanol–water partition coefficient (Wildman–Crippen LogP) is 2.07. The third-order valence-electron chi connectivity index (χ3n) is 3.43. The lowest BCUT2D eigenvalue weighted by atomic mass is 10.1. The van der Waals surface area contributed by atoms with Crippen LogP contribution in [0.5, 0.6) is 0 Å². The summed E-state index contributed by atoms with van der Waals surface area (Å²) in [6, 6.07) is 4.57. The van der Waals surface area contributed by atoms with Gasteiger partial charge in [0, 0.05) is 31.4 Å². The fourth-order valence-corrected chi connectivity index (χ4v) is 2.57. The SMILES string of the molecule is CC(=O)CC1CCCN1CCc1cccnc1. The van der Waals surface area contributed by atoms with Gasteiger partial charge in [-0.05, 0) is 44.4 Å². The van der Waals surface area contributed by atoms with Crippen LogP contribution in [0.15, 0.2) is 24.5 Å². The van der Waals surface area contributed by atoms with Gasteiger partial charge < -0.3 is 0 Å². The number of likely N-dealkylation sites (tertiary alicyclic amines) is 1. The summed E-state index contributed by atoms with van der Waals surface area (Å²) >= 11 is 0. The molecule has 1 aromatic rings. The van der Waals surface area contributed by atoms with Gasteiger partial charge in [-0.15, -0.1) is 0 Å². The normalized spacial score (nSPS) is 20.6. The van der Waals surface area contributed by atoms with E-state index in [1.54, 1.807) is 13.1 Å². The summed E-state index contributed by atoms with van der Waals surface area (Å²) in [6.07, 6.45) is 7.88. The molecule has 1 aliphatic heterocycles. The molecule has 1 aliphatic rings. The van der Waals surface area contributed by atoms with Crippen LogP contribution in [0.25, 0.3) is 0 Å². The summed E-state index contributed by atoms with van der Waals surface area (Å²) in [4.78, 5) is 17.8. The Kier molecular flexibility index (Phi) is 4.26. The molecule has 2 rings (SSSR count). The molecule has 0 N–H and O–H groups in total. The number of pyridine rings is 1. The van der Waals surface area contributed by atoms with Crippen molar-refractivity contribution in [2.45, 2.75) is 38.6 Å². The summed E-state index contributed by atoms with van der Waals surface area (Å²) in [7, 11) is 0. The highest BCUT2D eigenvalue weighted by Crippen LogP contribution is 2.20. The molecule has 0 amide bonds. The first-order valence-electron chi connectivity index (χ1n) is 6.38. The predicted molar refractivity (Wildman–Crippen MR) is 67.8 cm³/mol. The van der Waals surface area contributed by atoms with Crippen LogP contribution in [0.1, 0.15) is 31.7 Å². The number of aromatic nitrogens is 1.